The number of aryl methyl sites for hydroxylation is 1. The molecule has 14 heteroatoms. The number of methoxy groups -OCH3 is 2. The van der Waals surface area contributed by atoms with Crippen molar-refractivity contribution < 1.29 is 40.7 Å². The number of aromatic nitrogens is 3. The number of nitrogens with one attached hydrogen (secondary N) is 1. The Hall–Kier alpha value is -4.59. The molecule has 0 atom stereocenters. The first kappa shape index (κ1) is 34.3. The molecule has 1 aliphatic heterocycles. The highest BCUT2D eigenvalue weighted by molar-refractivity contribution is 7.90. The number of esters is 1. The Morgan fingerprint density at radius 2 is 1.73 bits per heavy atom. The van der Waals surface area contributed by atoms with Crippen LogP contribution in [0.25, 0.3) is 33.8 Å². The number of amides is 1. The number of alkyl halides is 3. The quantitative estimate of drug-likeness (QED) is 0.208. The Labute approximate surface area is 281 Å². The van der Waals surface area contributed by atoms with E-state index in [-0.39, 0.29) is 23.7 Å². The van der Waals surface area contributed by atoms with Crippen molar-refractivity contribution in [3.05, 3.63) is 70.0 Å². The first-order valence-electron chi connectivity index (χ1n) is 16.0. The molecule has 10 nitrogen and oxygen atoms in total. The fourth-order valence-corrected chi connectivity index (χ4v) is 7.63. The summed E-state index contributed by atoms with van der Waals surface area (Å²) >= 11 is 0. The average Bonchev–Trinajstić information content (AvgIpc) is 3.52. The number of hydrogen-bond donors (Lipinski definition) is 1. The van der Waals surface area contributed by atoms with Crippen LogP contribution >= 0.6 is 0 Å². The number of nitrogens with zero attached hydrogens (tertiary/aromatic N) is 3. The van der Waals surface area contributed by atoms with Crippen molar-refractivity contribution in [2.75, 3.05) is 14.2 Å². The Kier molecular flexibility index (Phi) is 8.88. The van der Waals surface area contributed by atoms with Gasteiger partial charge in [0, 0.05) is 29.1 Å². The monoisotopic (exact) mass is 698 g/mol. The molecule has 1 saturated carbocycles. The number of carbonyl (C=O) groups is 2. The summed E-state index contributed by atoms with van der Waals surface area (Å²) < 4.78 is 83.5. The van der Waals surface area contributed by atoms with Gasteiger partial charge in [-0.25, -0.2) is 17.9 Å². The molecule has 1 aliphatic carbocycles. The standard InChI is InChI=1S/C35H37F3N4O6S/c1-19(2)49(45,46)40-33(43)21-11-13-26-27(17-21)42-18-23(30-29(34(44)48-5)32(35(36,37)38)39-41(30)3)15-22-16-24(47-4)12-14-25(22)31(42)28(26)20-9-7-6-8-10-20/h11-17,19-20H,6-10,18H2,1-5H3,(H,40,43). The van der Waals surface area contributed by atoms with Gasteiger partial charge in [-0.1, -0.05) is 25.3 Å². The molecule has 49 heavy (non-hydrogen) atoms. The highest BCUT2D eigenvalue weighted by Crippen LogP contribution is 2.48. The average molecular weight is 699 g/mol. The zero-order valence-electron chi connectivity index (χ0n) is 27.8. The fraction of sp³-hybridized carbons (Fsp3) is 0.400. The van der Waals surface area contributed by atoms with Gasteiger partial charge >= 0.3 is 12.1 Å². The molecule has 0 saturated heterocycles. The van der Waals surface area contributed by atoms with Crippen LogP contribution in [-0.2, 0) is 34.5 Å². The zero-order valence-corrected chi connectivity index (χ0v) is 28.6. The normalized spacial score (nSPS) is 15.4. The van der Waals surface area contributed by atoms with Crippen LogP contribution < -0.4 is 9.46 Å². The van der Waals surface area contributed by atoms with E-state index in [2.05, 4.69) is 9.82 Å². The highest BCUT2D eigenvalue weighted by Gasteiger charge is 2.43. The zero-order chi connectivity index (χ0) is 35.4. The molecular formula is C35H37F3N4O6S. The van der Waals surface area contributed by atoms with E-state index < -0.39 is 44.6 Å². The topological polar surface area (TPSA) is 122 Å². The maximum atomic E-state index is 14.3. The van der Waals surface area contributed by atoms with Crippen LogP contribution in [0, 0.1) is 0 Å². The van der Waals surface area contributed by atoms with Crippen LogP contribution in [0.3, 0.4) is 0 Å². The molecule has 0 unspecified atom stereocenters. The van der Waals surface area contributed by atoms with Crippen molar-refractivity contribution in [2.24, 2.45) is 7.05 Å². The number of hydrogen-bond acceptors (Lipinski definition) is 7. The maximum Gasteiger partial charge on any atom is 0.436 e. The van der Waals surface area contributed by atoms with Crippen LogP contribution in [0.2, 0.25) is 0 Å². The third kappa shape index (κ3) is 6.11. The Morgan fingerprint density at radius 1 is 1.02 bits per heavy atom. The summed E-state index contributed by atoms with van der Waals surface area (Å²) in [4.78, 5) is 26.3. The number of allylic oxidation sites excluding steroid dienone is 1. The van der Waals surface area contributed by atoms with E-state index in [1.54, 1.807) is 24.3 Å². The summed E-state index contributed by atoms with van der Waals surface area (Å²) in [5.74, 6) is -1.30. The van der Waals surface area contributed by atoms with Gasteiger partial charge in [-0.2, -0.15) is 18.3 Å². The molecule has 0 bridgehead atoms. The van der Waals surface area contributed by atoms with Crippen LogP contribution in [0.5, 0.6) is 5.75 Å². The van der Waals surface area contributed by atoms with E-state index >= 15 is 0 Å². The Bertz CT molecular complexity index is 2120. The van der Waals surface area contributed by atoms with Crippen LogP contribution in [-0.4, -0.2) is 54.1 Å². The summed E-state index contributed by atoms with van der Waals surface area (Å²) in [7, 11) is -0.0515. The lowest BCUT2D eigenvalue weighted by Gasteiger charge is -2.24. The molecule has 1 fully saturated rings. The summed E-state index contributed by atoms with van der Waals surface area (Å²) in [6.45, 7) is 2.92. The molecule has 3 heterocycles. The Morgan fingerprint density at radius 3 is 2.37 bits per heavy atom. The van der Waals surface area contributed by atoms with Gasteiger partial charge in [0.15, 0.2) is 5.69 Å². The Balaban J connectivity index is 1.66. The minimum atomic E-state index is -4.94. The third-order valence-electron chi connectivity index (χ3n) is 9.42. The van der Waals surface area contributed by atoms with Crippen molar-refractivity contribution in [3.8, 4) is 17.0 Å². The molecule has 0 radical (unpaired) electrons. The SMILES string of the molecule is COC(=O)c1c(C(F)(F)F)nn(C)c1C1=Cc2cc(OC)ccc2-c2c(C3CCCCC3)c3ccc(C(=O)NS(=O)(=O)C(C)C)cc3n2C1. The van der Waals surface area contributed by atoms with Gasteiger partial charge in [0.1, 0.15) is 11.3 Å². The molecule has 0 spiro atoms. The smallest absolute Gasteiger partial charge is 0.436 e. The van der Waals surface area contributed by atoms with Gasteiger partial charge in [-0.15, -0.1) is 0 Å². The summed E-state index contributed by atoms with van der Waals surface area (Å²) in [6, 6.07) is 10.5. The first-order chi connectivity index (χ1) is 23.2. The van der Waals surface area contributed by atoms with Crippen molar-refractivity contribution in [1.82, 2.24) is 19.1 Å². The minimum absolute atomic E-state index is 0.00820. The van der Waals surface area contributed by atoms with E-state index in [1.807, 2.05) is 22.8 Å². The third-order valence-corrected chi connectivity index (χ3v) is 11.1. The second kappa shape index (κ2) is 12.7. The largest absolute Gasteiger partial charge is 0.497 e. The number of sulfonamides is 1. The van der Waals surface area contributed by atoms with Gasteiger partial charge in [0.2, 0.25) is 10.0 Å². The molecule has 4 aromatic rings. The molecule has 1 amide bonds. The first-order valence-corrected chi connectivity index (χ1v) is 17.5. The van der Waals surface area contributed by atoms with Gasteiger partial charge in [0.25, 0.3) is 5.91 Å². The lowest BCUT2D eigenvalue weighted by molar-refractivity contribution is -0.142. The number of ether oxygens (including phenoxy) is 2. The molecule has 2 aliphatic rings. The van der Waals surface area contributed by atoms with Gasteiger partial charge in [-0.05, 0) is 85.7 Å². The number of carbonyl (C=O) groups excluding carboxylic acids is 2. The van der Waals surface area contributed by atoms with E-state index in [0.717, 1.165) is 66.1 Å². The van der Waals surface area contributed by atoms with Crippen molar-refractivity contribution >= 4 is 44.5 Å². The summed E-state index contributed by atoms with van der Waals surface area (Å²) in [5, 5.41) is 3.75. The summed E-state index contributed by atoms with van der Waals surface area (Å²) in [5.41, 5.74) is 2.21. The fourth-order valence-electron chi connectivity index (χ4n) is 7.02. The predicted octanol–water partition coefficient (Wildman–Crippen LogP) is 6.93. The van der Waals surface area contributed by atoms with E-state index in [1.165, 1.54) is 28.0 Å². The van der Waals surface area contributed by atoms with Crippen molar-refractivity contribution in [2.45, 2.75) is 69.8 Å². The van der Waals surface area contributed by atoms with Gasteiger partial charge in [-0.3, -0.25) is 9.48 Å². The van der Waals surface area contributed by atoms with E-state index in [0.29, 0.717) is 22.4 Å². The van der Waals surface area contributed by atoms with Crippen LogP contribution in [0.4, 0.5) is 13.2 Å². The number of benzene rings is 2. The van der Waals surface area contributed by atoms with E-state index in [9.17, 15) is 31.2 Å². The molecular weight excluding hydrogens is 661 g/mol. The molecule has 260 valence electrons. The highest BCUT2D eigenvalue weighted by atomic mass is 32.2. The lowest BCUT2D eigenvalue weighted by Crippen LogP contribution is -2.35. The van der Waals surface area contributed by atoms with Gasteiger partial charge in [0.05, 0.1) is 37.4 Å². The molecule has 6 rings (SSSR count). The van der Waals surface area contributed by atoms with Crippen LogP contribution in [0.15, 0.2) is 36.4 Å². The number of halogens is 3. The number of rotatable bonds is 7. The van der Waals surface area contributed by atoms with Crippen molar-refractivity contribution in [1.29, 1.82) is 0 Å². The predicted molar refractivity (Wildman–Crippen MR) is 179 cm³/mol. The second-order valence-electron chi connectivity index (χ2n) is 12.7. The molecule has 2 aromatic heterocycles. The summed E-state index contributed by atoms with van der Waals surface area (Å²) in [6.07, 6.45) is 1.81. The maximum absolute atomic E-state index is 14.3. The molecule has 2 aromatic carbocycles. The molecule has 1 N–H and O–H groups in total. The second-order valence-corrected chi connectivity index (χ2v) is 15.0. The van der Waals surface area contributed by atoms with E-state index in [4.69, 9.17) is 9.47 Å². The van der Waals surface area contributed by atoms with Gasteiger partial charge < -0.3 is 14.0 Å². The lowest BCUT2D eigenvalue weighted by atomic mass is 9.81. The van der Waals surface area contributed by atoms with Crippen molar-refractivity contribution in [3.63, 3.8) is 0 Å². The number of fused-ring (bicyclic) bond motifs is 5. The minimum Gasteiger partial charge on any atom is -0.497 e. The van der Waals surface area contributed by atoms with Crippen LogP contribution in [0.1, 0.15) is 95.1 Å².